The quantitative estimate of drug-likeness (QED) is 0.669. The number of likely N-dealkylation sites (tertiary alicyclic amines) is 1. The van der Waals surface area contributed by atoms with Crippen molar-refractivity contribution in [1.82, 2.24) is 19.7 Å². The molecule has 3 saturated heterocycles. The number of carbonyl (C=O) groups is 3. The monoisotopic (exact) mass is 429 g/mol. The number of hydrogen-bond donors (Lipinski definition) is 0. The maximum Gasteiger partial charge on any atom is 0.325 e. The van der Waals surface area contributed by atoms with E-state index in [0.29, 0.717) is 19.7 Å². The molecule has 4 heterocycles. The Kier molecular flexibility index (Phi) is 6.29. The molecule has 3 amide bonds. The van der Waals surface area contributed by atoms with E-state index in [0.717, 1.165) is 45.4 Å². The van der Waals surface area contributed by atoms with Gasteiger partial charge in [-0.05, 0) is 43.7 Å². The molecule has 3 fully saturated rings. The molecule has 0 atom stereocenters. The van der Waals surface area contributed by atoms with Crippen LogP contribution in [-0.2, 0) is 14.3 Å². The highest BCUT2D eigenvalue weighted by Crippen LogP contribution is 2.41. The Morgan fingerprint density at radius 1 is 1.03 bits per heavy atom. The molecule has 4 rings (SSSR count). The van der Waals surface area contributed by atoms with Crippen molar-refractivity contribution in [2.75, 3.05) is 63.9 Å². The molecule has 0 N–H and O–H groups in total. The molecule has 1 spiro atoms. The molecule has 3 aliphatic rings. The fourth-order valence-electron chi connectivity index (χ4n) is 4.90. The Morgan fingerprint density at radius 2 is 1.74 bits per heavy atom. The zero-order valence-corrected chi connectivity index (χ0v) is 18.2. The molecule has 31 heavy (non-hydrogen) atoms. The van der Waals surface area contributed by atoms with Gasteiger partial charge in [0.25, 0.3) is 0 Å². The van der Waals surface area contributed by atoms with Gasteiger partial charge in [-0.2, -0.15) is 0 Å². The molecule has 0 unspecified atom stereocenters. The van der Waals surface area contributed by atoms with Crippen LogP contribution in [0.15, 0.2) is 24.5 Å². The van der Waals surface area contributed by atoms with Crippen molar-refractivity contribution in [2.24, 2.45) is 5.41 Å². The maximum absolute atomic E-state index is 13.1. The number of esters is 1. The Balaban J connectivity index is 1.27. The fourth-order valence-corrected chi connectivity index (χ4v) is 4.90. The Bertz CT molecular complexity index is 809. The van der Waals surface area contributed by atoms with Crippen molar-refractivity contribution in [2.45, 2.75) is 26.2 Å². The second-order valence-electron chi connectivity index (χ2n) is 8.69. The van der Waals surface area contributed by atoms with E-state index >= 15 is 0 Å². The number of piperidine rings is 1. The lowest BCUT2D eigenvalue weighted by atomic mass is 9.77. The van der Waals surface area contributed by atoms with Crippen LogP contribution in [0.4, 0.5) is 10.5 Å². The minimum absolute atomic E-state index is 0.0254. The van der Waals surface area contributed by atoms with Gasteiger partial charge in [0.05, 0.1) is 6.61 Å². The van der Waals surface area contributed by atoms with Crippen LogP contribution in [0.3, 0.4) is 0 Å². The number of rotatable bonds is 4. The summed E-state index contributed by atoms with van der Waals surface area (Å²) in [7, 11) is 0. The number of carbonyl (C=O) groups excluding carboxylic acids is 3. The van der Waals surface area contributed by atoms with E-state index in [1.165, 1.54) is 10.6 Å². The molecule has 9 heteroatoms. The zero-order valence-electron chi connectivity index (χ0n) is 18.2. The van der Waals surface area contributed by atoms with E-state index < -0.39 is 5.97 Å². The summed E-state index contributed by atoms with van der Waals surface area (Å²) in [5.74, 6) is -0.609. The molecule has 0 radical (unpaired) electrons. The summed E-state index contributed by atoms with van der Waals surface area (Å²) in [6.45, 7) is 6.29. The first-order valence-corrected chi connectivity index (χ1v) is 11.1. The first-order chi connectivity index (χ1) is 15.0. The summed E-state index contributed by atoms with van der Waals surface area (Å²) in [6, 6.07) is 4.03. The predicted molar refractivity (Wildman–Crippen MR) is 114 cm³/mol. The molecule has 1 aromatic rings. The molecule has 9 nitrogen and oxygen atoms in total. The summed E-state index contributed by atoms with van der Waals surface area (Å²) < 4.78 is 4.92. The van der Waals surface area contributed by atoms with Crippen molar-refractivity contribution in [3.8, 4) is 0 Å². The van der Waals surface area contributed by atoms with Crippen molar-refractivity contribution in [3.05, 3.63) is 24.5 Å². The highest BCUT2D eigenvalue weighted by Gasteiger charge is 2.43. The van der Waals surface area contributed by atoms with Gasteiger partial charge >= 0.3 is 12.0 Å². The number of ether oxygens (including phenoxy) is 1. The van der Waals surface area contributed by atoms with Gasteiger partial charge < -0.3 is 24.3 Å². The van der Waals surface area contributed by atoms with Crippen molar-refractivity contribution >= 4 is 23.6 Å². The SMILES string of the molecule is CCOC(=O)CN1CCN(C(=O)N2CCC3(CCN(c4ccncc4)CC3)C2)CC1=O. The summed E-state index contributed by atoms with van der Waals surface area (Å²) >= 11 is 0. The third kappa shape index (κ3) is 4.75. The van der Waals surface area contributed by atoms with Gasteiger partial charge in [0, 0.05) is 57.3 Å². The number of pyridine rings is 1. The van der Waals surface area contributed by atoms with Crippen LogP contribution in [0.25, 0.3) is 0 Å². The van der Waals surface area contributed by atoms with Gasteiger partial charge in [-0.3, -0.25) is 14.6 Å². The molecule has 0 bridgehead atoms. The van der Waals surface area contributed by atoms with Gasteiger partial charge in [-0.25, -0.2) is 4.79 Å². The van der Waals surface area contributed by atoms with Crippen LogP contribution >= 0.6 is 0 Å². The van der Waals surface area contributed by atoms with E-state index in [4.69, 9.17) is 4.74 Å². The standard InChI is InChI=1S/C22H31N5O4/c1-2-31-20(29)16-25-13-14-26(15-19(25)28)21(30)27-12-7-22(17-27)5-10-24(11-6-22)18-3-8-23-9-4-18/h3-4,8-9H,2,5-7,10-17H2,1H3. The van der Waals surface area contributed by atoms with Crippen molar-refractivity contribution in [3.63, 3.8) is 0 Å². The third-order valence-corrected chi connectivity index (χ3v) is 6.78. The summed E-state index contributed by atoms with van der Waals surface area (Å²) in [5, 5.41) is 0. The number of urea groups is 1. The largest absolute Gasteiger partial charge is 0.465 e. The number of anilines is 1. The van der Waals surface area contributed by atoms with Gasteiger partial charge in [0.1, 0.15) is 13.1 Å². The van der Waals surface area contributed by atoms with E-state index in [1.807, 2.05) is 29.4 Å². The minimum atomic E-state index is -0.407. The van der Waals surface area contributed by atoms with Crippen LogP contribution in [0, 0.1) is 5.41 Å². The lowest BCUT2D eigenvalue weighted by Crippen LogP contribution is -2.56. The van der Waals surface area contributed by atoms with Crippen LogP contribution in [-0.4, -0.2) is 96.6 Å². The predicted octanol–water partition coefficient (Wildman–Crippen LogP) is 1.20. The molecule has 1 aromatic heterocycles. The van der Waals surface area contributed by atoms with E-state index in [9.17, 15) is 14.4 Å². The number of hydrogen-bond acceptors (Lipinski definition) is 6. The minimum Gasteiger partial charge on any atom is -0.465 e. The number of aromatic nitrogens is 1. The Hall–Kier alpha value is -2.84. The molecular weight excluding hydrogens is 398 g/mol. The van der Waals surface area contributed by atoms with Crippen molar-refractivity contribution in [1.29, 1.82) is 0 Å². The number of piperazine rings is 1. The van der Waals surface area contributed by atoms with E-state index in [1.54, 1.807) is 11.8 Å². The first-order valence-electron chi connectivity index (χ1n) is 11.1. The van der Waals surface area contributed by atoms with Crippen LogP contribution in [0.5, 0.6) is 0 Å². The highest BCUT2D eigenvalue weighted by molar-refractivity contribution is 5.88. The second kappa shape index (κ2) is 9.11. The molecule has 3 aliphatic heterocycles. The summed E-state index contributed by atoms with van der Waals surface area (Å²) in [5.41, 5.74) is 1.38. The normalized spacial score (nSPS) is 21.0. The number of nitrogens with zero attached hydrogens (tertiary/aromatic N) is 5. The molecule has 0 saturated carbocycles. The maximum atomic E-state index is 13.1. The lowest BCUT2D eigenvalue weighted by molar-refractivity contribution is -0.150. The highest BCUT2D eigenvalue weighted by atomic mass is 16.5. The molecular formula is C22H31N5O4. The van der Waals surface area contributed by atoms with Crippen LogP contribution in [0.2, 0.25) is 0 Å². The Labute approximate surface area is 182 Å². The summed E-state index contributed by atoms with van der Waals surface area (Å²) in [4.78, 5) is 48.6. The third-order valence-electron chi connectivity index (χ3n) is 6.78. The lowest BCUT2D eigenvalue weighted by Gasteiger charge is -2.41. The van der Waals surface area contributed by atoms with Gasteiger partial charge in [0.15, 0.2) is 0 Å². The molecule has 0 aromatic carbocycles. The second-order valence-corrected chi connectivity index (χ2v) is 8.69. The molecule has 168 valence electrons. The first kappa shape index (κ1) is 21.4. The zero-order chi connectivity index (χ0) is 21.8. The average Bonchev–Trinajstić information content (AvgIpc) is 3.19. The summed E-state index contributed by atoms with van der Waals surface area (Å²) in [6.07, 6.45) is 6.78. The average molecular weight is 430 g/mol. The van der Waals surface area contributed by atoms with Crippen LogP contribution in [0.1, 0.15) is 26.2 Å². The van der Waals surface area contributed by atoms with Crippen molar-refractivity contribution < 1.29 is 19.1 Å². The molecule has 0 aliphatic carbocycles. The Morgan fingerprint density at radius 3 is 2.42 bits per heavy atom. The fraction of sp³-hybridized carbons (Fsp3) is 0.636. The smallest absolute Gasteiger partial charge is 0.325 e. The number of amides is 3. The van der Waals surface area contributed by atoms with Gasteiger partial charge in [0.2, 0.25) is 5.91 Å². The van der Waals surface area contributed by atoms with Gasteiger partial charge in [-0.1, -0.05) is 0 Å². The topological polar surface area (TPSA) is 86.3 Å². The van der Waals surface area contributed by atoms with E-state index in [-0.39, 0.29) is 30.4 Å². The van der Waals surface area contributed by atoms with Gasteiger partial charge in [-0.15, -0.1) is 0 Å². The van der Waals surface area contributed by atoms with Crippen LogP contribution < -0.4 is 4.90 Å². The van der Waals surface area contributed by atoms with E-state index in [2.05, 4.69) is 9.88 Å².